The summed E-state index contributed by atoms with van der Waals surface area (Å²) in [6, 6.07) is 13.7. The van der Waals surface area contributed by atoms with Crippen molar-refractivity contribution in [3.8, 4) is 11.3 Å². The molecule has 0 aliphatic rings. The van der Waals surface area contributed by atoms with Crippen molar-refractivity contribution in [2.45, 2.75) is 40.4 Å². The highest BCUT2D eigenvalue weighted by Gasteiger charge is 2.36. The van der Waals surface area contributed by atoms with Gasteiger partial charge in [-0.1, -0.05) is 36.4 Å². The number of hydrogen-bond donors (Lipinski definition) is 0. The maximum Gasteiger partial charge on any atom is 0.422 e. The quantitative estimate of drug-likeness (QED) is 0.531. The third-order valence-electron chi connectivity index (χ3n) is 4.71. The standard InChI is InChI=1S/C22H23F3N2O2/c1-14-10-15(2)18-17(11-14)27(26-19(18)16-8-6-5-7-9-16)12-21(3,4)20(28)29-13-22(23,24)25/h5-11H,12-13H2,1-4H3. The lowest BCUT2D eigenvalue weighted by Gasteiger charge is -2.23. The molecule has 1 heterocycles. The molecule has 0 N–H and O–H groups in total. The molecule has 2 aromatic carbocycles. The smallest absolute Gasteiger partial charge is 0.422 e. The molecule has 4 nitrogen and oxygen atoms in total. The molecule has 0 atom stereocenters. The number of ether oxygens (including phenoxy) is 1. The number of aromatic nitrogens is 2. The summed E-state index contributed by atoms with van der Waals surface area (Å²) < 4.78 is 43.4. The molecule has 0 aliphatic carbocycles. The predicted octanol–water partition coefficient (Wildman–Crippen LogP) is 5.45. The monoisotopic (exact) mass is 404 g/mol. The highest BCUT2D eigenvalue weighted by atomic mass is 19.4. The lowest BCUT2D eigenvalue weighted by molar-refractivity contribution is -0.193. The van der Waals surface area contributed by atoms with Crippen LogP contribution in [0.4, 0.5) is 13.2 Å². The average Bonchev–Trinajstić information content (AvgIpc) is 2.97. The lowest BCUT2D eigenvalue weighted by Crippen LogP contribution is -2.34. The van der Waals surface area contributed by atoms with E-state index in [9.17, 15) is 18.0 Å². The molecule has 0 saturated heterocycles. The third kappa shape index (κ3) is 4.60. The van der Waals surface area contributed by atoms with Crippen molar-refractivity contribution in [2.24, 2.45) is 5.41 Å². The Balaban J connectivity index is 2.02. The van der Waals surface area contributed by atoms with Gasteiger partial charge in [0, 0.05) is 10.9 Å². The Kier molecular flexibility index (Phi) is 5.43. The Morgan fingerprint density at radius 2 is 1.76 bits per heavy atom. The van der Waals surface area contributed by atoms with Crippen LogP contribution < -0.4 is 0 Å². The van der Waals surface area contributed by atoms with Gasteiger partial charge in [0.1, 0.15) is 5.69 Å². The summed E-state index contributed by atoms with van der Waals surface area (Å²) in [5.74, 6) is -0.913. The van der Waals surface area contributed by atoms with Gasteiger partial charge in [0.2, 0.25) is 0 Å². The topological polar surface area (TPSA) is 44.1 Å². The number of halogens is 3. The molecule has 154 valence electrons. The number of carbonyl (C=O) groups excluding carboxylic acids is 1. The maximum absolute atomic E-state index is 12.4. The van der Waals surface area contributed by atoms with Crippen molar-refractivity contribution >= 4 is 16.9 Å². The molecule has 29 heavy (non-hydrogen) atoms. The molecule has 0 fully saturated rings. The molecule has 1 aromatic heterocycles. The van der Waals surface area contributed by atoms with Gasteiger partial charge >= 0.3 is 12.1 Å². The Morgan fingerprint density at radius 1 is 1.10 bits per heavy atom. The van der Waals surface area contributed by atoms with Gasteiger partial charge in [-0.3, -0.25) is 9.48 Å². The molecule has 0 radical (unpaired) electrons. The molecule has 0 spiro atoms. The van der Waals surface area contributed by atoms with Gasteiger partial charge in [-0.15, -0.1) is 0 Å². The number of aryl methyl sites for hydroxylation is 2. The van der Waals surface area contributed by atoms with E-state index in [1.807, 2.05) is 50.2 Å². The number of hydrogen-bond acceptors (Lipinski definition) is 3. The van der Waals surface area contributed by atoms with Crippen LogP contribution in [0.5, 0.6) is 0 Å². The number of fused-ring (bicyclic) bond motifs is 1. The van der Waals surface area contributed by atoms with Crippen molar-refractivity contribution in [1.29, 1.82) is 0 Å². The highest BCUT2D eigenvalue weighted by molar-refractivity contribution is 5.96. The van der Waals surface area contributed by atoms with E-state index < -0.39 is 24.2 Å². The van der Waals surface area contributed by atoms with E-state index in [-0.39, 0.29) is 6.54 Å². The summed E-state index contributed by atoms with van der Waals surface area (Å²) in [7, 11) is 0. The minimum atomic E-state index is -4.56. The lowest BCUT2D eigenvalue weighted by atomic mass is 9.93. The van der Waals surface area contributed by atoms with E-state index in [1.54, 1.807) is 18.5 Å². The van der Waals surface area contributed by atoms with Gasteiger partial charge in [0.15, 0.2) is 6.61 Å². The first-order chi connectivity index (χ1) is 13.5. The van der Waals surface area contributed by atoms with E-state index in [0.29, 0.717) is 0 Å². The van der Waals surface area contributed by atoms with Gasteiger partial charge in [-0.05, 0) is 44.9 Å². The number of benzene rings is 2. The van der Waals surface area contributed by atoms with Crippen molar-refractivity contribution in [3.05, 3.63) is 53.6 Å². The zero-order valence-electron chi connectivity index (χ0n) is 16.8. The van der Waals surface area contributed by atoms with Crippen molar-refractivity contribution < 1.29 is 22.7 Å². The second-order valence-corrected chi connectivity index (χ2v) is 7.92. The van der Waals surface area contributed by atoms with E-state index in [2.05, 4.69) is 10.8 Å². The average molecular weight is 404 g/mol. The molecular formula is C22H23F3N2O2. The normalized spacial score (nSPS) is 12.4. The van der Waals surface area contributed by atoms with Crippen LogP contribution in [0.3, 0.4) is 0 Å². The number of carbonyl (C=O) groups is 1. The first-order valence-electron chi connectivity index (χ1n) is 9.25. The fourth-order valence-corrected chi connectivity index (χ4v) is 3.38. The summed E-state index contributed by atoms with van der Waals surface area (Å²) in [5, 5.41) is 5.68. The van der Waals surface area contributed by atoms with Gasteiger partial charge in [-0.25, -0.2) is 0 Å². The fourth-order valence-electron chi connectivity index (χ4n) is 3.38. The maximum atomic E-state index is 12.4. The number of esters is 1. The summed E-state index contributed by atoms with van der Waals surface area (Å²) in [4.78, 5) is 12.3. The van der Waals surface area contributed by atoms with E-state index in [0.717, 1.165) is 33.3 Å². The van der Waals surface area contributed by atoms with Crippen LogP contribution in [0, 0.1) is 19.3 Å². The zero-order valence-corrected chi connectivity index (χ0v) is 16.8. The van der Waals surface area contributed by atoms with Crippen LogP contribution in [0.1, 0.15) is 25.0 Å². The minimum absolute atomic E-state index is 0.0932. The van der Waals surface area contributed by atoms with Gasteiger partial charge in [0.05, 0.1) is 17.5 Å². The SMILES string of the molecule is Cc1cc(C)c2c(-c3ccccc3)nn(CC(C)(C)C(=O)OCC(F)(F)F)c2c1. The highest BCUT2D eigenvalue weighted by Crippen LogP contribution is 2.33. The summed E-state index contributed by atoms with van der Waals surface area (Å²) in [6.45, 7) is 5.58. The zero-order chi connectivity index (χ0) is 21.4. The summed E-state index contributed by atoms with van der Waals surface area (Å²) in [5.41, 5.74) is 3.43. The molecule has 0 bridgehead atoms. The molecule has 3 aromatic rings. The Hall–Kier alpha value is -2.83. The van der Waals surface area contributed by atoms with Crippen LogP contribution in [0.15, 0.2) is 42.5 Å². The third-order valence-corrected chi connectivity index (χ3v) is 4.71. The first kappa shape index (κ1) is 20.9. The number of rotatable bonds is 5. The number of alkyl halides is 3. The van der Waals surface area contributed by atoms with Crippen LogP contribution >= 0.6 is 0 Å². The minimum Gasteiger partial charge on any atom is -0.456 e. The second kappa shape index (κ2) is 7.54. The molecule has 0 aliphatic heterocycles. The fraction of sp³-hybridized carbons (Fsp3) is 0.364. The molecule has 0 amide bonds. The predicted molar refractivity (Wildman–Crippen MR) is 105 cm³/mol. The van der Waals surface area contributed by atoms with Crippen LogP contribution in [-0.2, 0) is 16.1 Å². The largest absolute Gasteiger partial charge is 0.456 e. The molecule has 3 rings (SSSR count). The Morgan fingerprint density at radius 3 is 2.38 bits per heavy atom. The molecular weight excluding hydrogens is 381 g/mol. The first-order valence-corrected chi connectivity index (χ1v) is 9.25. The Labute approximate surface area is 167 Å². The number of nitrogens with zero attached hydrogens (tertiary/aromatic N) is 2. The van der Waals surface area contributed by atoms with Crippen molar-refractivity contribution in [1.82, 2.24) is 9.78 Å². The molecule has 0 saturated carbocycles. The van der Waals surface area contributed by atoms with Crippen molar-refractivity contribution in [2.75, 3.05) is 6.61 Å². The summed E-state index contributed by atoms with van der Waals surface area (Å²) >= 11 is 0. The molecule has 0 unspecified atom stereocenters. The van der Waals surface area contributed by atoms with Gasteiger partial charge in [0.25, 0.3) is 0 Å². The molecule has 7 heteroatoms. The summed E-state index contributed by atoms with van der Waals surface area (Å²) in [6.07, 6.45) is -4.56. The van der Waals surface area contributed by atoms with Crippen LogP contribution in [0.25, 0.3) is 22.2 Å². The van der Waals surface area contributed by atoms with E-state index in [4.69, 9.17) is 5.10 Å². The Bertz CT molecular complexity index is 1040. The van der Waals surface area contributed by atoms with Gasteiger partial charge < -0.3 is 4.74 Å². The second-order valence-electron chi connectivity index (χ2n) is 7.92. The van der Waals surface area contributed by atoms with Crippen LogP contribution in [-0.4, -0.2) is 28.5 Å². The van der Waals surface area contributed by atoms with E-state index in [1.165, 1.54) is 0 Å². The van der Waals surface area contributed by atoms with Crippen molar-refractivity contribution in [3.63, 3.8) is 0 Å². The van der Waals surface area contributed by atoms with E-state index >= 15 is 0 Å². The van der Waals surface area contributed by atoms with Crippen LogP contribution in [0.2, 0.25) is 0 Å². The van der Waals surface area contributed by atoms with Gasteiger partial charge in [-0.2, -0.15) is 18.3 Å².